The van der Waals surface area contributed by atoms with Crippen molar-refractivity contribution in [1.29, 1.82) is 0 Å². The zero-order valence-corrected chi connectivity index (χ0v) is 12.2. The first-order chi connectivity index (χ1) is 8.49. The summed E-state index contributed by atoms with van der Waals surface area (Å²) in [6.45, 7) is 8.58. The zero-order chi connectivity index (χ0) is 13.5. The van der Waals surface area contributed by atoms with Gasteiger partial charge in [-0.15, -0.1) is 0 Å². The van der Waals surface area contributed by atoms with Crippen LogP contribution in [0.25, 0.3) is 0 Å². The maximum atomic E-state index is 13.6. The number of benzene rings is 1. The molecule has 0 aromatic heterocycles. The van der Waals surface area contributed by atoms with Crippen molar-refractivity contribution >= 4 is 11.6 Å². The van der Waals surface area contributed by atoms with Gasteiger partial charge in [0.15, 0.2) is 0 Å². The summed E-state index contributed by atoms with van der Waals surface area (Å²) in [5, 5.41) is 3.87. The van der Waals surface area contributed by atoms with Gasteiger partial charge in [0.05, 0.1) is 0 Å². The molecule has 0 bridgehead atoms. The van der Waals surface area contributed by atoms with Crippen molar-refractivity contribution in [2.24, 2.45) is 11.8 Å². The fraction of sp³-hybridized carbons (Fsp3) is 0.600. The van der Waals surface area contributed by atoms with Crippen LogP contribution in [0.1, 0.15) is 32.8 Å². The molecule has 3 heteroatoms. The molecule has 1 rings (SSSR count). The SMILES string of the molecule is CC(C)CNCCC(C)Cc1ccc(Cl)cc1F. The van der Waals surface area contributed by atoms with Gasteiger partial charge in [-0.3, -0.25) is 0 Å². The van der Waals surface area contributed by atoms with Crippen LogP contribution in [-0.4, -0.2) is 13.1 Å². The average molecular weight is 272 g/mol. The topological polar surface area (TPSA) is 12.0 Å². The van der Waals surface area contributed by atoms with Gasteiger partial charge in [0.1, 0.15) is 5.82 Å². The van der Waals surface area contributed by atoms with Crippen molar-refractivity contribution in [2.75, 3.05) is 13.1 Å². The third-order valence-electron chi connectivity index (χ3n) is 2.95. The summed E-state index contributed by atoms with van der Waals surface area (Å²) in [6, 6.07) is 4.93. The second kappa shape index (κ2) is 7.75. The van der Waals surface area contributed by atoms with Crippen molar-refractivity contribution in [3.63, 3.8) is 0 Å². The van der Waals surface area contributed by atoms with Gasteiger partial charge >= 0.3 is 0 Å². The first-order valence-corrected chi connectivity index (χ1v) is 7.01. The molecule has 1 unspecified atom stereocenters. The average Bonchev–Trinajstić information content (AvgIpc) is 2.28. The fourth-order valence-corrected chi connectivity index (χ4v) is 2.06. The lowest BCUT2D eigenvalue weighted by molar-refractivity contribution is 0.467. The van der Waals surface area contributed by atoms with E-state index in [9.17, 15) is 4.39 Å². The molecule has 1 N–H and O–H groups in total. The van der Waals surface area contributed by atoms with Crippen molar-refractivity contribution in [2.45, 2.75) is 33.6 Å². The molecule has 18 heavy (non-hydrogen) atoms. The predicted octanol–water partition coefficient (Wildman–Crippen LogP) is 4.29. The Kier molecular flexibility index (Phi) is 6.66. The lowest BCUT2D eigenvalue weighted by atomic mass is 9.97. The molecule has 0 amide bonds. The van der Waals surface area contributed by atoms with E-state index in [1.54, 1.807) is 12.1 Å². The molecule has 0 fully saturated rings. The highest BCUT2D eigenvalue weighted by molar-refractivity contribution is 6.30. The summed E-state index contributed by atoms with van der Waals surface area (Å²) >= 11 is 5.74. The maximum Gasteiger partial charge on any atom is 0.127 e. The van der Waals surface area contributed by atoms with Gasteiger partial charge < -0.3 is 5.32 Å². The molecular weight excluding hydrogens is 249 g/mol. The largest absolute Gasteiger partial charge is 0.316 e. The molecule has 0 radical (unpaired) electrons. The number of hydrogen-bond donors (Lipinski definition) is 1. The van der Waals surface area contributed by atoms with Gasteiger partial charge in [-0.25, -0.2) is 4.39 Å². The molecule has 0 aliphatic heterocycles. The number of nitrogens with one attached hydrogen (secondary N) is 1. The summed E-state index contributed by atoms with van der Waals surface area (Å²) in [7, 11) is 0. The molecule has 0 aliphatic carbocycles. The fourth-order valence-electron chi connectivity index (χ4n) is 1.90. The van der Waals surface area contributed by atoms with Crippen LogP contribution in [0, 0.1) is 17.7 Å². The Hall–Kier alpha value is -0.600. The Balaban J connectivity index is 2.33. The molecule has 0 saturated heterocycles. The van der Waals surface area contributed by atoms with Gasteiger partial charge in [0.25, 0.3) is 0 Å². The lowest BCUT2D eigenvalue weighted by Crippen LogP contribution is -2.22. The third kappa shape index (κ3) is 5.83. The van der Waals surface area contributed by atoms with Gasteiger partial charge in [0, 0.05) is 5.02 Å². The highest BCUT2D eigenvalue weighted by atomic mass is 35.5. The first-order valence-electron chi connectivity index (χ1n) is 6.63. The highest BCUT2D eigenvalue weighted by Crippen LogP contribution is 2.18. The van der Waals surface area contributed by atoms with E-state index >= 15 is 0 Å². The van der Waals surface area contributed by atoms with E-state index in [0.29, 0.717) is 16.9 Å². The quantitative estimate of drug-likeness (QED) is 0.730. The Bertz CT molecular complexity index is 366. The minimum Gasteiger partial charge on any atom is -0.316 e. The Morgan fingerprint density at radius 1 is 1.28 bits per heavy atom. The first kappa shape index (κ1) is 15.5. The Morgan fingerprint density at radius 2 is 2.00 bits per heavy atom. The van der Waals surface area contributed by atoms with Crippen LogP contribution in [0.3, 0.4) is 0 Å². The number of hydrogen-bond acceptors (Lipinski definition) is 1. The summed E-state index contributed by atoms with van der Waals surface area (Å²) in [4.78, 5) is 0. The van der Waals surface area contributed by atoms with Gasteiger partial charge in [0.2, 0.25) is 0 Å². The minimum absolute atomic E-state index is 0.190. The van der Waals surface area contributed by atoms with E-state index < -0.39 is 0 Å². The number of halogens is 2. The summed E-state index contributed by atoms with van der Waals surface area (Å²) in [6.07, 6.45) is 1.83. The standard InChI is InChI=1S/C15H23ClFN/c1-11(2)10-18-7-6-12(3)8-13-4-5-14(16)9-15(13)17/h4-5,9,11-12,18H,6-8,10H2,1-3H3. The van der Waals surface area contributed by atoms with Crippen molar-refractivity contribution < 1.29 is 4.39 Å². The van der Waals surface area contributed by atoms with E-state index in [4.69, 9.17) is 11.6 Å². The monoisotopic (exact) mass is 271 g/mol. The van der Waals surface area contributed by atoms with Crippen molar-refractivity contribution in [3.05, 3.63) is 34.6 Å². The highest BCUT2D eigenvalue weighted by Gasteiger charge is 2.08. The zero-order valence-electron chi connectivity index (χ0n) is 11.5. The summed E-state index contributed by atoms with van der Waals surface area (Å²) in [5.41, 5.74) is 0.760. The Morgan fingerprint density at radius 3 is 2.61 bits per heavy atom. The molecule has 0 saturated carbocycles. The van der Waals surface area contributed by atoms with E-state index in [0.717, 1.165) is 31.5 Å². The summed E-state index contributed by atoms with van der Waals surface area (Å²) < 4.78 is 13.6. The molecule has 1 aromatic carbocycles. The molecule has 0 spiro atoms. The Labute approximate surface area is 115 Å². The van der Waals surface area contributed by atoms with Crippen LogP contribution in [-0.2, 0) is 6.42 Å². The minimum atomic E-state index is -0.190. The van der Waals surface area contributed by atoms with Crippen LogP contribution in [0.2, 0.25) is 5.02 Å². The second-order valence-corrected chi connectivity index (χ2v) is 5.87. The second-order valence-electron chi connectivity index (χ2n) is 5.43. The lowest BCUT2D eigenvalue weighted by Gasteiger charge is -2.13. The number of rotatable bonds is 7. The maximum absolute atomic E-state index is 13.6. The van der Waals surface area contributed by atoms with Gasteiger partial charge in [-0.2, -0.15) is 0 Å². The molecule has 0 aliphatic rings. The normalized spacial score (nSPS) is 13.0. The van der Waals surface area contributed by atoms with E-state index in [1.165, 1.54) is 6.07 Å². The molecular formula is C15H23ClFN. The van der Waals surface area contributed by atoms with Gasteiger partial charge in [-0.1, -0.05) is 38.4 Å². The van der Waals surface area contributed by atoms with Crippen LogP contribution in [0.15, 0.2) is 18.2 Å². The molecule has 1 aromatic rings. The van der Waals surface area contributed by atoms with Crippen LogP contribution in [0.4, 0.5) is 4.39 Å². The smallest absolute Gasteiger partial charge is 0.127 e. The predicted molar refractivity (Wildman–Crippen MR) is 76.6 cm³/mol. The third-order valence-corrected chi connectivity index (χ3v) is 3.19. The van der Waals surface area contributed by atoms with Crippen molar-refractivity contribution in [3.8, 4) is 0 Å². The van der Waals surface area contributed by atoms with E-state index in [-0.39, 0.29) is 5.82 Å². The summed E-state index contributed by atoms with van der Waals surface area (Å²) in [5.74, 6) is 0.957. The van der Waals surface area contributed by atoms with Crippen molar-refractivity contribution in [1.82, 2.24) is 5.32 Å². The van der Waals surface area contributed by atoms with Crippen LogP contribution >= 0.6 is 11.6 Å². The molecule has 102 valence electrons. The van der Waals surface area contributed by atoms with Crippen LogP contribution < -0.4 is 5.32 Å². The van der Waals surface area contributed by atoms with Crippen LogP contribution in [0.5, 0.6) is 0 Å². The van der Waals surface area contributed by atoms with E-state index in [2.05, 4.69) is 26.1 Å². The molecule has 1 nitrogen and oxygen atoms in total. The molecule has 0 heterocycles. The van der Waals surface area contributed by atoms with E-state index in [1.807, 2.05) is 0 Å². The van der Waals surface area contributed by atoms with Gasteiger partial charge in [-0.05, 0) is 55.5 Å². The molecule has 1 atom stereocenters.